The summed E-state index contributed by atoms with van der Waals surface area (Å²) in [5.74, 6) is 1.53. The second kappa shape index (κ2) is 5.92. The summed E-state index contributed by atoms with van der Waals surface area (Å²) in [6, 6.07) is 9.48. The van der Waals surface area contributed by atoms with Gasteiger partial charge in [-0.3, -0.25) is 4.79 Å². The molecule has 1 unspecified atom stereocenters. The summed E-state index contributed by atoms with van der Waals surface area (Å²) >= 11 is 0. The zero-order valence-corrected chi connectivity index (χ0v) is 14.4. The average molecular weight is 341 g/mol. The molecule has 2 aliphatic carbocycles. The number of carbonyl (C=O) groups is 1. The van der Waals surface area contributed by atoms with Crippen LogP contribution in [0.3, 0.4) is 0 Å². The van der Waals surface area contributed by atoms with Gasteiger partial charge in [-0.05, 0) is 37.8 Å². The number of para-hydroxylation sites is 1. The molecule has 2 N–H and O–H groups in total. The second-order valence-corrected chi connectivity index (χ2v) is 7.11. The zero-order valence-electron chi connectivity index (χ0n) is 14.4. The number of methoxy groups -OCH3 is 1. The van der Waals surface area contributed by atoms with Gasteiger partial charge in [0.1, 0.15) is 17.1 Å². The predicted molar refractivity (Wildman–Crippen MR) is 92.5 cm³/mol. The van der Waals surface area contributed by atoms with E-state index in [2.05, 4.69) is 5.32 Å². The maximum absolute atomic E-state index is 12.9. The van der Waals surface area contributed by atoms with Crippen molar-refractivity contribution in [1.82, 2.24) is 5.32 Å². The number of nitrogens with one attached hydrogen (secondary N) is 1. The van der Waals surface area contributed by atoms with Crippen molar-refractivity contribution in [1.29, 1.82) is 0 Å². The molecule has 1 heterocycles. The Hall–Kier alpha value is -2.27. The van der Waals surface area contributed by atoms with Gasteiger partial charge in [0, 0.05) is 17.5 Å². The Morgan fingerprint density at radius 2 is 2.04 bits per heavy atom. The number of hydrogen-bond donors (Lipinski definition) is 2. The first kappa shape index (κ1) is 16.2. The van der Waals surface area contributed by atoms with E-state index in [9.17, 15) is 9.90 Å². The van der Waals surface area contributed by atoms with Crippen molar-refractivity contribution in [2.75, 3.05) is 13.7 Å². The predicted octanol–water partition coefficient (Wildman–Crippen LogP) is 2.66. The van der Waals surface area contributed by atoms with Crippen molar-refractivity contribution in [2.45, 2.75) is 43.1 Å². The van der Waals surface area contributed by atoms with E-state index in [0.29, 0.717) is 6.42 Å². The Balaban J connectivity index is 1.52. The number of fused-ring (bicyclic) bond motifs is 1. The number of aryl methyl sites for hydroxylation is 1. The van der Waals surface area contributed by atoms with Crippen molar-refractivity contribution in [3.05, 3.63) is 53.5 Å². The van der Waals surface area contributed by atoms with E-state index in [1.165, 1.54) is 0 Å². The fourth-order valence-electron chi connectivity index (χ4n) is 3.99. The largest absolute Gasteiger partial charge is 0.496 e. The van der Waals surface area contributed by atoms with Crippen LogP contribution in [0, 0.1) is 0 Å². The van der Waals surface area contributed by atoms with Crippen LogP contribution in [0.2, 0.25) is 0 Å². The molecule has 5 heteroatoms. The minimum atomic E-state index is -1.05. The van der Waals surface area contributed by atoms with Gasteiger partial charge in [-0.15, -0.1) is 0 Å². The highest BCUT2D eigenvalue weighted by molar-refractivity contribution is 5.92. The number of ether oxygens (including phenoxy) is 1. The van der Waals surface area contributed by atoms with Crippen LogP contribution in [0.15, 0.2) is 41.0 Å². The lowest BCUT2D eigenvalue weighted by Gasteiger charge is -2.32. The lowest BCUT2D eigenvalue weighted by Crippen LogP contribution is -2.45. The molecule has 0 radical (unpaired) electrons. The second-order valence-electron chi connectivity index (χ2n) is 7.11. The quantitative estimate of drug-likeness (QED) is 0.877. The number of hydrogen-bond acceptors (Lipinski definition) is 4. The molecule has 132 valence electrons. The Bertz CT molecular complexity index is 792. The van der Waals surface area contributed by atoms with E-state index in [-0.39, 0.29) is 12.5 Å². The van der Waals surface area contributed by atoms with Crippen LogP contribution in [0.1, 0.15) is 42.6 Å². The van der Waals surface area contributed by atoms with E-state index < -0.39 is 11.0 Å². The number of carbonyl (C=O) groups excluding carboxylic acids is 1. The van der Waals surface area contributed by atoms with Gasteiger partial charge in [-0.25, -0.2) is 0 Å². The fraction of sp³-hybridized carbons (Fsp3) is 0.450. The molecule has 0 bridgehead atoms. The maximum atomic E-state index is 12.9. The number of rotatable bonds is 5. The maximum Gasteiger partial charge on any atom is 0.230 e. The highest BCUT2D eigenvalue weighted by Gasteiger charge is 2.53. The first-order chi connectivity index (χ1) is 12.1. The molecule has 1 aromatic carbocycles. The number of furan rings is 1. The van der Waals surface area contributed by atoms with Crippen molar-refractivity contribution >= 4 is 5.91 Å². The molecule has 1 aromatic heterocycles. The summed E-state index contributed by atoms with van der Waals surface area (Å²) in [4.78, 5) is 12.9. The van der Waals surface area contributed by atoms with E-state index in [0.717, 1.165) is 48.3 Å². The van der Waals surface area contributed by atoms with Gasteiger partial charge in [-0.1, -0.05) is 18.2 Å². The first-order valence-corrected chi connectivity index (χ1v) is 8.80. The van der Waals surface area contributed by atoms with Crippen LogP contribution >= 0.6 is 0 Å². The summed E-state index contributed by atoms with van der Waals surface area (Å²) in [6.07, 6.45) is 5.53. The third-order valence-electron chi connectivity index (χ3n) is 5.59. The normalized spacial score (nSPS) is 23.6. The first-order valence-electron chi connectivity index (χ1n) is 8.80. The third kappa shape index (κ3) is 2.63. The van der Waals surface area contributed by atoms with Crippen molar-refractivity contribution in [3.63, 3.8) is 0 Å². The highest BCUT2D eigenvalue weighted by atomic mass is 16.5. The molecule has 0 spiro atoms. The Labute approximate surface area is 147 Å². The molecular weight excluding hydrogens is 318 g/mol. The fourth-order valence-corrected chi connectivity index (χ4v) is 3.99. The Morgan fingerprint density at radius 3 is 2.80 bits per heavy atom. The zero-order chi connectivity index (χ0) is 17.5. The van der Waals surface area contributed by atoms with Crippen molar-refractivity contribution in [3.8, 4) is 5.75 Å². The molecule has 4 rings (SSSR count). The van der Waals surface area contributed by atoms with Gasteiger partial charge >= 0.3 is 0 Å². The van der Waals surface area contributed by atoms with Crippen LogP contribution in [-0.2, 0) is 22.2 Å². The monoisotopic (exact) mass is 341 g/mol. The lowest BCUT2D eigenvalue weighted by molar-refractivity contribution is -0.125. The molecule has 1 atom stereocenters. The molecule has 0 aliphatic heterocycles. The van der Waals surface area contributed by atoms with Crippen LogP contribution in [0.5, 0.6) is 5.75 Å². The number of benzene rings is 1. The molecule has 2 aromatic rings. The standard InChI is InChI=1S/C20H23NO4/c1-24-16-6-3-2-5-14(16)19(10-11-19)18(22)21-13-20(23)9-4-7-17-15(20)8-12-25-17/h2-3,5-6,8,12,23H,4,7,9-11,13H2,1H3,(H,21,22). The minimum absolute atomic E-state index is 0.0407. The summed E-state index contributed by atoms with van der Waals surface area (Å²) in [7, 11) is 1.62. The summed E-state index contributed by atoms with van der Waals surface area (Å²) in [5, 5.41) is 14.0. The smallest absolute Gasteiger partial charge is 0.230 e. The molecule has 1 fully saturated rings. The van der Waals surface area contributed by atoms with Crippen molar-refractivity contribution < 1.29 is 19.1 Å². The van der Waals surface area contributed by atoms with Crippen LogP contribution < -0.4 is 10.1 Å². The summed E-state index contributed by atoms with van der Waals surface area (Å²) in [5.41, 5.74) is 0.153. The molecule has 5 nitrogen and oxygen atoms in total. The van der Waals surface area contributed by atoms with Crippen LogP contribution in [-0.4, -0.2) is 24.7 Å². The van der Waals surface area contributed by atoms with E-state index in [1.807, 2.05) is 30.3 Å². The van der Waals surface area contributed by atoms with Gasteiger partial charge in [0.15, 0.2) is 0 Å². The summed E-state index contributed by atoms with van der Waals surface area (Å²) < 4.78 is 10.9. The average Bonchev–Trinajstić information content (AvgIpc) is 3.30. The number of amides is 1. The Kier molecular flexibility index (Phi) is 3.84. The minimum Gasteiger partial charge on any atom is -0.496 e. The lowest BCUT2D eigenvalue weighted by atomic mass is 9.82. The van der Waals surface area contributed by atoms with E-state index in [4.69, 9.17) is 9.15 Å². The molecule has 0 saturated heterocycles. The van der Waals surface area contributed by atoms with Crippen LogP contribution in [0.4, 0.5) is 0 Å². The molecular formula is C20H23NO4. The SMILES string of the molecule is COc1ccccc1C1(C(=O)NCC2(O)CCCc3occc32)CC1. The molecule has 1 saturated carbocycles. The van der Waals surface area contributed by atoms with E-state index >= 15 is 0 Å². The molecule has 1 amide bonds. The van der Waals surface area contributed by atoms with Gasteiger partial charge in [0.05, 0.1) is 25.3 Å². The van der Waals surface area contributed by atoms with Gasteiger partial charge < -0.3 is 19.6 Å². The topological polar surface area (TPSA) is 71.7 Å². The highest BCUT2D eigenvalue weighted by Crippen LogP contribution is 2.51. The van der Waals surface area contributed by atoms with Crippen LogP contribution in [0.25, 0.3) is 0 Å². The van der Waals surface area contributed by atoms with Gasteiger partial charge in [0.2, 0.25) is 5.91 Å². The molecule has 25 heavy (non-hydrogen) atoms. The molecule has 2 aliphatic rings. The van der Waals surface area contributed by atoms with Gasteiger partial charge in [0.25, 0.3) is 0 Å². The van der Waals surface area contributed by atoms with Gasteiger partial charge in [-0.2, -0.15) is 0 Å². The number of aliphatic hydroxyl groups is 1. The van der Waals surface area contributed by atoms with Crippen molar-refractivity contribution in [2.24, 2.45) is 0 Å². The summed E-state index contributed by atoms with van der Waals surface area (Å²) in [6.45, 7) is 0.204. The van der Waals surface area contributed by atoms with E-state index in [1.54, 1.807) is 13.4 Å². The third-order valence-corrected chi connectivity index (χ3v) is 5.59. The Morgan fingerprint density at radius 1 is 1.24 bits per heavy atom.